The summed E-state index contributed by atoms with van der Waals surface area (Å²) < 4.78 is 11.6. The van der Waals surface area contributed by atoms with Crippen molar-refractivity contribution in [2.45, 2.75) is 6.17 Å². The molecule has 0 bridgehead atoms. The third kappa shape index (κ3) is 5.47. The second kappa shape index (κ2) is 13.9. The van der Waals surface area contributed by atoms with Gasteiger partial charge < -0.3 is 18.9 Å². The Hall–Kier alpha value is -8.74. The predicted molar refractivity (Wildman–Crippen MR) is 269 cm³/mol. The first-order valence-electron chi connectivity index (χ1n) is 22.1. The van der Waals surface area contributed by atoms with Crippen molar-refractivity contribution in [3.05, 3.63) is 229 Å². The summed E-state index contributed by atoms with van der Waals surface area (Å²) in [5.41, 5.74) is 11.1. The van der Waals surface area contributed by atoms with E-state index < -0.39 is 6.17 Å². The zero-order chi connectivity index (χ0) is 42.6. The summed E-state index contributed by atoms with van der Waals surface area (Å²) in [5.74, 6) is 1.36. The maximum Gasteiger partial charge on any atom is 0.161 e. The van der Waals surface area contributed by atoms with E-state index in [1.807, 2.05) is 6.07 Å². The summed E-state index contributed by atoms with van der Waals surface area (Å²) in [6, 6.07) is 75.6. The second-order valence-corrected chi connectivity index (χ2v) is 17.0. The van der Waals surface area contributed by atoms with Crippen molar-refractivity contribution >= 4 is 98.8 Å². The van der Waals surface area contributed by atoms with Crippen molar-refractivity contribution in [2.75, 3.05) is 0 Å². The highest BCUT2D eigenvalue weighted by molar-refractivity contribution is 6.23. The number of para-hydroxylation sites is 5. The molecule has 10 aromatic carbocycles. The molecular formula is C59H37N5O. The van der Waals surface area contributed by atoms with Gasteiger partial charge in [0.1, 0.15) is 23.2 Å². The monoisotopic (exact) mass is 831 g/mol. The fourth-order valence-corrected chi connectivity index (χ4v) is 10.4. The van der Waals surface area contributed by atoms with Gasteiger partial charge in [0, 0.05) is 43.7 Å². The lowest BCUT2D eigenvalue weighted by molar-refractivity contribution is 0.666. The average molecular weight is 832 g/mol. The molecule has 0 fully saturated rings. The van der Waals surface area contributed by atoms with Gasteiger partial charge in [0.05, 0.1) is 33.1 Å². The summed E-state index contributed by atoms with van der Waals surface area (Å²) >= 11 is 0. The van der Waals surface area contributed by atoms with E-state index in [-0.39, 0.29) is 0 Å². The third-order valence-electron chi connectivity index (χ3n) is 13.3. The van der Waals surface area contributed by atoms with Gasteiger partial charge in [-0.1, -0.05) is 146 Å². The maximum atomic E-state index is 6.81. The highest BCUT2D eigenvalue weighted by Gasteiger charge is 2.27. The van der Waals surface area contributed by atoms with Crippen molar-refractivity contribution in [3.8, 4) is 11.4 Å². The van der Waals surface area contributed by atoms with Crippen LogP contribution in [0.3, 0.4) is 0 Å². The minimum absolute atomic E-state index is 0.443. The Balaban J connectivity index is 1.06. The lowest BCUT2D eigenvalue weighted by atomic mass is 10.0. The minimum Gasteiger partial charge on any atom is -0.456 e. The lowest BCUT2D eigenvalue weighted by Gasteiger charge is -2.25. The van der Waals surface area contributed by atoms with E-state index in [0.717, 1.165) is 82.8 Å². The normalized spacial score (nSPS) is 14.3. The van der Waals surface area contributed by atoms with Gasteiger partial charge in [-0.3, -0.25) is 0 Å². The molecule has 6 heteroatoms. The molecule has 1 unspecified atom stereocenters. The van der Waals surface area contributed by atoms with Crippen LogP contribution in [-0.4, -0.2) is 20.8 Å². The van der Waals surface area contributed by atoms with Gasteiger partial charge in [0.2, 0.25) is 0 Å². The van der Waals surface area contributed by atoms with E-state index in [0.29, 0.717) is 11.7 Å². The van der Waals surface area contributed by atoms with Crippen LogP contribution in [0.15, 0.2) is 227 Å². The highest BCUT2D eigenvalue weighted by atomic mass is 16.3. The largest absolute Gasteiger partial charge is 0.456 e. The van der Waals surface area contributed by atoms with Crippen molar-refractivity contribution in [1.29, 1.82) is 0 Å². The number of furan rings is 1. The Morgan fingerprint density at radius 3 is 1.91 bits per heavy atom. The summed E-state index contributed by atoms with van der Waals surface area (Å²) in [4.78, 5) is 11.1. The van der Waals surface area contributed by atoms with E-state index in [9.17, 15) is 0 Å². The van der Waals surface area contributed by atoms with Crippen LogP contribution in [0.25, 0.3) is 98.5 Å². The third-order valence-corrected chi connectivity index (χ3v) is 13.3. The van der Waals surface area contributed by atoms with E-state index in [1.54, 1.807) is 0 Å². The first kappa shape index (κ1) is 35.8. The average Bonchev–Trinajstić information content (AvgIpc) is 4.03. The molecule has 0 saturated carbocycles. The zero-order valence-corrected chi connectivity index (χ0v) is 35.0. The van der Waals surface area contributed by atoms with Gasteiger partial charge in [0.25, 0.3) is 0 Å². The summed E-state index contributed by atoms with van der Waals surface area (Å²) in [6.45, 7) is 0. The fraction of sp³-hybridized carbons (Fsp3) is 0.0169. The quantitative estimate of drug-likeness (QED) is 0.188. The molecule has 1 aliphatic heterocycles. The molecule has 0 spiro atoms. The van der Waals surface area contributed by atoms with Crippen molar-refractivity contribution in [2.24, 2.45) is 9.98 Å². The first-order valence-corrected chi connectivity index (χ1v) is 22.1. The number of nitrogens with one attached hydrogen (secondary N) is 1. The van der Waals surface area contributed by atoms with Crippen LogP contribution in [0, 0.1) is 0 Å². The Morgan fingerprint density at radius 2 is 1.09 bits per heavy atom. The number of fused-ring (bicyclic) bond motifs is 11. The SMILES string of the molecule is c1ccc(-n2c3ccccc3c3cccc(C4=NC(c5ccc6ccccc6c5)NC(c5cc(-n6c7ccccc7c7cc8ccccc8cc76)c6c(c5)oc5ccccc56)=N4)c32)cc1. The van der Waals surface area contributed by atoms with Crippen LogP contribution in [0.1, 0.15) is 22.9 Å². The van der Waals surface area contributed by atoms with Crippen LogP contribution in [-0.2, 0) is 0 Å². The highest BCUT2D eigenvalue weighted by Crippen LogP contribution is 2.42. The number of rotatable bonds is 5. The van der Waals surface area contributed by atoms with E-state index >= 15 is 0 Å². The summed E-state index contributed by atoms with van der Waals surface area (Å²) in [5, 5.41) is 15.4. The molecule has 0 radical (unpaired) electrons. The Kier molecular flexibility index (Phi) is 7.65. The maximum absolute atomic E-state index is 6.81. The summed E-state index contributed by atoms with van der Waals surface area (Å²) in [7, 11) is 0. The standard InChI is InChI=1S/C59H37N5O/c1-2-19-42(20-3-1)63-49-26-11-8-21-43(49)45-24-14-25-47(56(45)63)59-61-57(40-30-29-36-15-4-5-16-37(36)31-40)60-58(62-59)41-34-52(55-46-23-10-13-28-53(46)65-54(55)35-41)64-50-27-12-9-22-44(50)48-32-38-17-6-7-18-39(38)33-51(48)64/h1-35,57H,(H,60,61,62). The van der Waals surface area contributed by atoms with Gasteiger partial charge in [-0.2, -0.15) is 0 Å². The Bertz CT molecular complexity index is 4170. The number of hydrogen-bond donors (Lipinski definition) is 1. The number of hydrogen-bond acceptors (Lipinski definition) is 4. The van der Waals surface area contributed by atoms with Crippen LogP contribution in [0.2, 0.25) is 0 Å². The van der Waals surface area contributed by atoms with E-state index in [4.69, 9.17) is 14.4 Å². The van der Waals surface area contributed by atoms with Gasteiger partial charge in [-0.25, -0.2) is 9.98 Å². The molecule has 1 N–H and O–H groups in total. The zero-order valence-electron chi connectivity index (χ0n) is 35.0. The second-order valence-electron chi connectivity index (χ2n) is 17.0. The van der Waals surface area contributed by atoms with Crippen molar-refractivity contribution < 1.29 is 4.42 Å². The minimum atomic E-state index is -0.443. The first-order chi connectivity index (χ1) is 32.2. The van der Waals surface area contributed by atoms with Crippen LogP contribution in [0.4, 0.5) is 0 Å². The molecule has 1 aliphatic rings. The van der Waals surface area contributed by atoms with Gasteiger partial charge >= 0.3 is 0 Å². The summed E-state index contributed by atoms with van der Waals surface area (Å²) in [6.07, 6.45) is -0.443. The molecule has 1 atom stereocenters. The fourth-order valence-electron chi connectivity index (χ4n) is 10.4. The van der Waals surface area contributed by atoms with E-state index in [2.05, 4.69) is 221 Å². The molecule has 0 saturated heterocycles. The molecule has 0 aliphatic carbocycles. The molecule has 6 nitrogen and oxygen atoms in total. The van der Waals surface area contributed by atoms with Gasteiger partial charge in [-0.05, 0) is 93.8 Å². The number of aliphatic imine (C=N–C) groups is 2. The van der Waals surface area contributed by atoms with Crippen molar-refractivity contribution in [3.63, 3.8) is 0 Å². The number of nitrogens with zero attached hydrogens (tertiary/aromatic N) is 4. The molecule has 3 aromatic heterocycles. The van der Waals surface area contributed by atoms with Crippen molar-refractivity contribution in [1.82, 2.24) is 14.5 Å². The molecule has 14 rings (SSSR count). The molecule has 4 heterocycles. The van der Waals surface area contributed by atoms with Crippen LogP contribution in [0.5, 0.6) is 0 Å². The predicted octanol–water partition coefficient (Wildman–Crippen LogP) is 14.6. The number of benzene rings is 10. The number of aromatic nitrogens is 2. The van der Waals surface area contributed by atoms with E-state index in [1.165, 1.54) is 32.3 Å². The van der Waals surface area contributed by atoms with Gasteiger partial charge in [0.15, 0.2) is 5.84 Å². The molecule has 13 aromatic rings. The smallest absolute Gasteiger partial charge is 0.161 e. The van der Waals surface area contributed by atoms with Gasteiger partial charge in [-0.15, -0.1) is 0 Å². The van der Waals surface area contributed by atoms with Crippen LogP contribution >= 0.6 is 0 Å². The molecule has 0 amide bonds. The Labute approximate surface area is 372 Å². The molecule has 304 valence electrons. The molecule has 65 heavy (non-hydrogen) atoms. The van der Waals surface area contributed by atoms with Crippen LogP contribution < -0.4 is 5.32 Å². The lowest BCUT2D eigenvalue weighted by Crippen LogP contribution is -2.33. The topological polar surface area (TPSA) is 59.8 Å². The number of amidine groups is 2. The Morgan fingerprint density at radius 1 is 0.446 bits per heavy atom. The molecular weight excluding hydrogens is 795 g/mol.